The average Bonchev–Trinajstić information content (AvgIpc) is 2.56. The average molecular weight is 357 g/mol. The predicted octanol–water partition coefficient (Wildman–Crippen LogP) is 3.05. The second-order valence-corrected chi connectivity index (χ2v) is 4.40. The molecule has 0 unspecified atom stereocenters. The van der Waals surface area contributed by atoms with Crippen LogP contribution in [0.3, 0.4) is 0 Å². The van der Waals surface area contributed by atoms with E-state index in [0.29, 0.717) is 0 Å². The molecule has 0 bridgehead atoms. The highest BCUT2D eigenvalue weighted by molar-refractivity contribution is 5.94. The first-order valence-corrected chi connectivity index (χ1v) is 6.73. The summed E-state index contributed by atoms with van der Waals surface area (Å²) in [7, 11) is 0. The Morgan fingerprint density at radius 2 is 1.92 bits per heavy atom. The summed E-state index contributed by atoms with van der Waals surface area (Å²) < 4.78 is 57.6. The van der Waals surface area contributed by atoms with E-state index in [1.165, 1.54) is 24.5 Å². The van der Waals surface area contributed by atoms with Gasteiger partial charge in [0.1, 0.15) is 11.5 Å². The van der Waals surface area contributed by atoms with Gasteiger partial charge in [-0.25, -0.2) is 5.43 Å². The number of ether oxygens (including phenoxy) is 2. The minimum Gasteiger partial charge on any atom is -0.435 e. The third kappa shape index (κ3) is 5.75. The molecule has 0 atom stereocenters. The molecule has 25 heavy (non-hydrogen) atoms. The molecule has 1 aromatic carbocycles. The summed E-state index contributed by atoms with van der Waals surface area (Å²) in [5, 5.41) is 3.61. The summed E-state index contributed by atoms with van der Waals surface area (Å²) in [5.41, 5.74) is 2.43. The minimum absolute atomic E-state index is 0.0217. The Morgan fingerprint density at radius 3 is 2.56 bits per heavy atom. The van der Waals surface area contributed by atoms with E-state index in [2.05, 4.69) is 25.0 Å². The van der Waals surface area contributed by atoms with Gasteiger partial charge in [0, 0.05) is 24.0 Å². The fourth-order valence-corrected chi connectivity index (χ4v) is 1.72. The van der Waals surface area contributed by atoms with Crippen LogP contribution in [0.1, 0.15) is 15.9 Å². The lowest BCUT2D eigenvalue weighted by molar-refractivity contribution is -0.0543. The number of halogens is 4. The Morgan fingerprint density at radius 1 is 1.16 bits per heavy atom. The smallest absolute Gasteiger partial charge is 0.387 e. The molecule has 0 saturated heterocycles. The number of benzene rings is 1. The van der Waals surface area contributed by atoms with Crippen LogP contribution in [0.2, 0.25) is 0 Å². The van der Waals surface area contributed by atoms with E-state index >= 15 is 0 Å². The number of rotatable bonds is 7. The number of carbonyl (C=O) groups excluding carboxylic acids is 1. The van der Waals surface area contributed by atoms with Crippen LogP contribution in [0.15, 0.2) is 47.8 Å². The van der Waals surface area contributed by atoms with Gasteiger partial charge in [-0.3, -0.25) is 9.78 Å². The first kappa shape index (κ1) is 18.2. The summed E-state index contributed by atoms with van der Waals surface area (Å²) in [6.07, 6.45) is 3.82. The van der Waals surface area contributed by atoms with Gasteiger partial charge in [0.25, 0.3) is 5.91 Å². The van der Waals surface area contributed by atoms with Crippen molar-refractivity contribution < 1.29 is 31.8 Å². The van der Waals surface area contributed by atoms with Crippen molar-refractivity contribution in [2.24, 2.45) is 5.10 Å². The highest BCUT2D eigenvalue weighted by Crippen LogP contribution is 2.26. The number of amides is 1. The van der Waals surface area contributed by atoms with Gasteiger partial charge in [0.05, 0.1) is 11.8 Å². The number of alkyl halides is 4. The van der Waals surface area contributed by atoms with E-state index in [4.69, 9.17) is 0 Å². The van der Waals surface area contributed by atoms with Crippen molar-refractivity contribution in [1.29, 1.82) is 0 Å². The first-order chi connectivity index (χ1) is 12.0. The summed E-state index contributed by atoms with van der Waals surface area (Å²) in [6.45, 7) is -6.29. The van der Waals surface area contributed by atoms with Crippen molar-refractivity contribution in [2.75, 3.05) is 0 Å². The van der Waals surface area contributed by atoms with E-state index in [-0.39, 0.29) is 16.9 Å². The minimum atomic E-state index is -3.18. The Balaban J connectivity index is 2.12. The van der Waals surface area contributed by atoms with Crippen molar-refractivity contribution in [1.82, 2.24) is 10.4 Å². The maximum atomic E-state index is 12.4. The SMILES string of the molecule is O=C(N/N=C/c1ccc(OC(F)F)cc1OC(F)F)c1cccnc1. The van der Waals surface area contributed by atoms with Crippen molar-refractivity contribution in [3.63, 3.8) is 0 Å². The van der Waals surface area contributed by atoms with Crippen LogP contribution in [0, 0.1) is 0 Å². The van der Waals surface area contributed by atoms with Crippen molar-refractivity contribution in [2.45, 2.75) is 13.2 Å². The van der Waals surface area contributed by atoms with Crippen LogP contribution < -0.4 is 14.9 Å². The highest BCUT2D eigenvalue weighted by Gasteiger charge is 2.12. The van der Waals surface area contributed by atoms with Crippen LogP contribution in [0.25, 0.3) is 0 Å². The molecular formula is C15H11F4N3O3. The Labute approximate surface area is 139 Å². The summed E-state index contributed by atoms with van der Waals surface area (Å²) in [4.78, 5) is 15.5. The molecule has 2 rings (SSSR count). The van der Waals surface area contributed by atoms with E-state index in [9.17, 15) is 22.4 Å². The van der Waals surface area contributed by atoms with Crippen LogP contribution in [0.5, 0.6) is 11.5 Å². The number of hydrogen-bond acceptors (Lipinski definition) is 5. The van der Waals surface area contributed by atoms with E-state index < -0.39 is 24.9 Å². The predicted molar refractivity (Wildman–Crippen MR) is 79.0 cm³/mol. The first-order valence-electron chi connectivity index (χ1n) is 6.73. The molecule has 2 aromatic rings. The molecule has 0 aliphatic carbocycles. The number of nitrogens with zero attached hydrogens (tertiary/aromatic N) is 2. The number of carbonyl (C=O) groups is 1. The summed E-state index contributed by atoms with van der Waals surface area (Å²) in [5.74, 6) is -1.37. The molecule has 1 amide bonds. The standard InChI is InChI=1S/C15H11F4N3O3/c16-14(17)24-11-4-3-9(12(6-11)25-15(18)19)8-21-22-13(23)10-2-1-5-20-7-10/h1-8,14-15H,(H,22,23)/b21-8+. The second kappa shape index (κ2) is 8.62. The van der Waals surface area contributed by atoms with Gasteiger partial charge >= 0.3 is 13.2 Å². The quantitative estimate of drug-likeness (QED) is 0.470. The van der Waals surface area contributed by atoms with Gasteiger partial charge in [0.2, 0.25) is 0 Å². The van der Waals surface area contributed by atoms with Crippen LogP contribution in [0.4, 0.5) is 17.6 Å². The molecule has 0 fully saturated rings. The van der Waals surface area contributed by atoms with Gasteiger partial charge in [-0.05, 0) is 24.3 Å². The number of hydrogen-bond donors (Lipinski definition) is 1. The van der Waals surface area contributed by atoms with Crippen LogP contribution >= 0.6 is 0 Å². The third-order valence-corrected chi connectivity index (χ3v) is 2.72. The molecule has 1 aromatic heterocycles. The number of nitrogens with one attached hydrogen (secondary N) is 1. The molecule has 0 aliphatic rings. The Kier molecular flexibility index (Phi) is 6.26. The summed E-state index contributed by atoms with van der Waals surface area (Å²) >= 11 is 0. The van der Waals surface area contributed by atoms with Gasteiger partial charge in [-0.2, -0.15) is 22.7 Å². The molecule has 1 heterocycles. The topological polar surface area (TPSA) is 72.8 Å². The normalized spacial score (nSPS) is 11.1. The third-order valence-electron chi connectivity index (χ3n) is 2.72. The number of hydrazone groups is 1. The van der Waals surface area contributed by atoms with Gasteiger partial charge in [0.15, 0.2) is 0 Å². The molecule has 0 spiro atoms. The maximum Gasteiger partial charge on any atom is 0.387 e. The fourth-order valence-electron chi connectivity index (χ4n) is 1.72. The summed E-state index contributed by atoms with van der Waals surface area (Å²) in [6, 6.07) is 6.21. The Bertz CT molecular complexity index is 742. The molecule has 0 radical (unpaired) electrons. The molecular weight excluding hydrogens is 346 g/mol. The van der Waals surface area contributed by atoms with Crippen molar-refractivity contribution in [3.05, 3.63) is 53.9 Å². The molecule has 1 N–H and O–H groups in total. The molecule has 6 nitrogen and oxygen atoms in total. The zero-order chi connectivity index (χ0) is 18.2. The van der Waals surface area contributed by atoms with Gasteiger partial charge in [-0.1, -0.05) is 0 Å². The lowest BCUT2D eigenvalue weighted by Gasteiger charge is -2.10. The largest absolute Gasteiger partial charge is 0.435 e. The van der Waals surface area contributed by atoms with Crippen molar-refractivity contribution >= 4 is 12.1 Å². The molecule has 0 saturated carbocycles. The van der Waals surface area contributed by atoms with Gasteiger partial charge in [-0.15, -0.1) is 0 Å². The fraction of sp³-hybridized carbons (Fsp3) is 0.133. The lowest BCUT2D eigenvalue weighted by Crippen LogP contribution is -2.17. The maximum absolute atomic E-state index is 12.4. The van der Waals surface area contributed by atoms with E-state index in [0.717, 1.165) is 18.3 Å². The molecule has 132 valence electrons. The van der Waals surface area contributed by atoms with Crippen molar-refractivity contribution in [3.8, 4) is 11.5 Å². The van der Waals surface area contributed by atoms with Crippen LogP contribution in [-0.4, -0.2) is 30.3 Å². The monoisotopic (exact) mass is 357 g/mol. The van der Waals surface area contributed by atoms with Crippen LogP contribution in [-0.2, 0) is 0 Å². The number of pyridine rings is 1. The lowest BCUT2D eigenvalue weighted by atomic mass is 10.2. The molecule has 10 heteroatoms. The van der Waals surface area contributed by atoms with E-state index in [1.54, 1.807) is 6.07 Å². The van der Waals surface area contributed by atoms with Gasteiger partial charge < -0.3 is 9.47 Å². The Hall–Kier alpha value is -3.17. The van der Waals surface area contributed by atoms with E-state index in [1.807, 2.05) is 0 Å². The highest BCUT2D eigenvalue weighted by atomic mass is 19.3. The number of aromatic nitrogens is 1. The molecule has 0 aliphatic heterocycles. The second-order valence-electron chi connectivity index (χ2n) is 4.40. The zero-order valence-corrected chi connectivity index (χ0v) is 12.4. The zero-order valence-electron chi connectivity index (χ0n) is 12.4.